The van der Waals surface area contributed by atoms with Gasteiger partial charge in [0.25, 0.3) is 0 Å². The van der Waals surface area contributed by atoms with Crippen molar-refractivity contribution in [1.29, 1.82) is 0 Å². The van der Waals surface area contributed by atoms with Gasteiger partial charge in [-0.15, -0.1) is 0 Å². The molecule has 138 valence electrons. The highest BCUT2D eigenvalue weighted by atomic mass is 16.3. The molecular formula is C23H34O2. The third-order valence-corrected chi connectivity index (χ3v) is 7.15. The Kier molecular flexibility index (Phi) is 5.14. The second-order valence-electron chi connectivity index (χ2n) is 8.45. The van der Waals surface area contributed by atoms with Crippen molar-refractivity contribution in [3.8, 4) is 0 Å². The Hall–Kier alpha value is -1.12. The van der Waals surface area contributed by atoms with Crippen LogP contribution in [-0.2, 0) is 0 Å². The first-order chi connectivity index (χ1) is 11.9. The van der Waals surface area contributed by atoms with E-state index in [9.17, 15) is 10.2 Å². The van der Waals surface area contributed by atoms with Gasteiger partial charge in [0.05, 0.1) is 11.2 Å². The van der Waals surface area contributed by atoms with E-state index in [1.807, 2.05) is 36.5 Å². The lowest BCUT2D eigenvalue weighted by Gasteiger charge is -2.61. The molecule has 2 N–H and O–H groups in total. The fourth-order valence-corrected chi connectivity index (χ4v) is 5.86. The highest BCUT2D eigenvalue weighted by Crippen LogP contribution is 2.61. The van der Waals surface area contributed by atoms with E-state index in [0.717, 1.165) is 32.1 Å². The third kappa shape index (κ3) is 2.69. The summed E-state index contributed by atoms with van der Waals surface area (Å²) in [4.78, 5) is 0. The fourth-order valence-electron chi connectivity index (χ4n) is 5.86. The smallest absolute Gasteiger partial charge is 0.0979 e. The van der Waals surface area contributed by atoms with Gasteiger partial charge in [0.15, 0.2) is 0 Å². The van der Waals surface area contributed by atoms with Gasteiger partial charge in [0.1, 0.15) is 0 Å². The normalized spacial score (nSPS) is 46.5. The number of hydrogen-bond donors (Lipinski definition) is 2. The monoisotopic (exact) mass is 342 g/mol. The van der Waals surface area contributed by atoms with Crippen molar-refractivity contribution >= 4 is 0 Å². The average Bonchev–Trinajstić information content (AvgIpc) is 2.62. The minimum atomic E-state index is -1.01. The fraction of sp³-hybridized carbons (Fsp3) is 0.652. The molecule has 3 rings (SSSR count). The lowest BCUT2D eigenvalue weighted by Crippen LogP contribution is -2.67. The van der Waals surface area contributed by atoms with E-state index in [0.29, 0.717) is 5.92 Å². The summed E-state index contributed by atoms with van der Waals surface area (Å²) in [7, 11) is 0. The van der Waals surface area contributed by atoms with Gasteiger partial charge in [0, 0.05) is 17.3 Å². The standard InChI is InChI=1S/C23H34O2/c1-4-19-12-6-8-15-22(19,24)21(14-10-11-18(3)17-21)23(25)16-9-7-13-20(23)5-2/h6-9,12-13,15-16,18-20,24-25H,4-5,10-11,14,17H2,1-3H3. The molecule has 2 heteroatoms. The van der Waals surface area contributed by atoms with Crippen LogP contribution in [0.5, 0.6) is 0 Å². The molecule has 5 unspecified atom stereocenters. The quantitative estimate of drug-likeness (QED) is 0.759. The Balaban J connectivity index is 2.18. The minimum absolute atomic E-state index is 0.0450. The Bertz CT molecular complexity index is 557. The van der Waals surface area contributed by atoms with Crippen molar-refractivity contribution in [3.05, 3.63) is 48.6 Å². The van der Waals surface area contributed by atoms with Crippen LogP contribution in [0.15, 0.2) is 48.6 Å². The maximum absolute atomic E-state index is 12.1. The van der Waals surface area contributed by atoms with Crippen LogP contribution in [-0.4, -0.2) is 21.4 Å². The Morgan fingerprint density at radius 1 is 0.880 bits per heavy atom. The Labute approximate surface area is 153 Å². The van der Waals surface area contributed by atoms with Crippen molar-refractivity contribution in [3.63, 3.8) is 0 Å². The summed E-state index contributed by atoms with van der Waals surface area (Å²) < 4.78 is 0. The molecule has 0 spiro atoms. The van der Waals surface area contributed by atoms with Crippen LogP contribution in [0.25, 0.3) is 0 Å². The van der Waals surface area contributed by atoms with E-state index in [1.54, 1.807) is 0 Å². The molecule has 0 aromatic carbocycles. The van der Waals surface area contributed by atoms with Gasteiger partial charge in [-0.2, -0.15) is 0 Å². The molecule has 0 saturated heterocycles. The molecule has 2 nitrogen and oxygen atoms in total. The van der Waals surface area contributed by atoms with Crippen LogP contribution in [0, 0.1) is 23.2 Å². The summed E-state index contributed by atoms with van der Waals surface area (Å²) in [5.41, 5.74) is -2.58. The summed E-state index contributed by atoms with van der Waals surface area (Å²) in [5, 5.41) is 24.2. The van der Waals surface area contributed by atoms with Gasteiger partial charge >= 0.3 is 0 Å². The minimum Gasteiger partial charge on any atom is -0.384 e. The van der Waals surface area contributed by atoms with Gasteiger partial charge < -0.3 is 10.2 Å². The molecule has 0 aliphatic heterocycles. The van der Waals surface area contributed by atoms with Crippen LogP contribution in [0.4, 0.5) is 0 Å². The molecule has 0 amide bonds. The predicted molar refractivity (Wildman–Crippen MR) is 104 cm³/mol. The van der Waals surface area contributed by atoms with Crippen LogP contribution >= 0.6 is 0 Å². The SMILES string of the molecule is CCC1C=CC=CC1(O)C1(C2(O)C=CC=CC2CC)CCCC(C)C1. The molecule has 1 saturated carbocycles. The number of hydrogen-bond acceptors (Lipinski definition) is 2. The second kappa shape index (κ2) is 6.89. The lowest BCUT2D eigenvalue weighted by atomic mass is 9.46. The number of allylic oxidation sites excluding steroid dienone is 4. The number of aliphatic hydroxyl groups is 2. The van der Waals surface area contributed by atoms with Crippen LogP contribution < -0.4 is 0 Å². The molecule has 3 aliphatic rings. The van der Waals surface area contributed by atoms with Crippen LogP contribution in [0.1, 0.15) is 59.3 Å². The molecule has 0 heterocycles. The molecule has 0 aromatic rings. The zero-order chi connectivity index (χ0) is 18.1. The van der Waals surface area contributed by atoms with Crippen molar-refractivity contribution in [1.82, 2.24) is 0 Å². The van der Waals surface area contributed by atoms with E-state index >= 15 is 0 Å². The zero-order valence-electron chi connectivity index (χ0n) is 16.0. The maximum Gasteiger partial charge on any atom is 0.0979 e. The first-order valence-corrected chi connectivity index (χ1v) is 10.1. The second-order valence-corrected chi connectivity index (χ2v) is 8.45. The van der Waals surface area contributed by atoms with Gasteiger partial charge in [-0.25, -0.2) is 0 Å². The summed E-state index contributed by atoms with van der Waals surface area (Å²) in [6.45, 7) is 6.54. The predicted octanol–water partition coefficient (Wildman–Crippen LogP) is 4.95. The Morgan fingerprint density at radius 3 is 1.84 bits per heavy atom. The first-order valence-electron chi connectivity index (χ1n) is 10.1. The van der Waals surface area contributed by atoms with E-state index in [-0.39, 0.29) is 11.8 Å². The summed E-state index contributed by atoms with van der Waals surface area (Å²) >= 11 is 0. The lowest BCUT2D eigenvalue weighted by molar-refractivity contribution is -0.208. The van der Waals surface area contributed by atoms with Gasteiger partial charge in [0.2, 0.25) is 0 Å². The summed E-state index contributed by atoms with van der Waals surface area (Å²) in [5.74, 6) is 0.600. The molecule has 25 heavy (non-hydrogen) atoms. The van der Waals surface area contributed by atoms with Crippen molar-refractivity contribution in [2.45, 2.75) is 70.5 Å². The van der Waals surface area contributed by atoms with Crippen LogP contribution in [0.2, 0.25) is 0 Å². The molecule has 5 atom stereocenters. The van der Waals surface area contributed by atoms with Gasteiger partial charge in [-0.05, 0) is 31.6 Å². The van der Waals surface area contributed by atoms with E-state index in [1.165, 1.54) is 6.42 Å². The largest absolute Gasteiger partial charge is 0.384 e. The van der Waals surface area contributed by atoms with E-state index in [2.05, 4.69) is 32.9 Å². The molecule has 0 bridgehead atoms. The molecular weight excluding hydrogens is 308 g/mol. The summed E-state index contributed by atoms with van der Waals surface area (Å²) in [6, 6.07) is 0. The summed E-state index contributed by atoms with van der Waals surface area (Å²) in [6.07, 6.45) is 22.0. The highest BCUT2D eigenvalue weighted by molar-refractivity contribution is 5.35. The molecule has 3 aliphatic carbocycles. The van der Waals surface area contributed by atoms with E-state index in [4.69, 9.17) is 0 Å². The first kappa shape index (κ1) is 18.7. The maximum atomic E-state index is 12.1. The number of rotatable bonds is 4. The van der Waals surface area contributed by atoms with Crippen LogP contribution in [0.3, 0.4) is 0 Å². The van der Waals surface area contributed by atoms with E-state index < -0.39 is 16.6 Å². The van der Waals surface area contributed by atoms with Gasteiger partial charge in [-0.3, -0.25) is 0 Å². The van der Waals surface area contributed by atoms with Crippen molar-refractivity contribution in [2.24, 2.45) is 23.2 Å². The highest BCUT2D eigenvalue weighted by Gasteiger charge is 2.64. The molecule has 1 fully saturated rings. The third-order valence-electron chi connectivity index (χ3n) is 7.15. The molecule has 0 aromatic heterocycles. The zero-order valence-corrected chi connectivity index (χ0v) is 16.0. The van der Waals surface area contributed by atoms with Gasteiger partial charge in [-0.1, -0.05) is 82.2 Å². The Morgan fingerprint density at radius 2 is 1.40 bits per heavy atom. The topological polar surface area (TPSA) is 40.5 Å². The average molecular weight is 343 g/mol. The molecule has 0 radical (unpaired) electrons. The van der Waals surface area contributed by atoms with Crippen molar-refractivity contribution < 1.29 is 10.2 Å². The van der Waals surface area contributed by atoms with Crippen molar-refractivity contribution in [2.75, 3.05) is 0 Å².